The monoisotopic (exact) mass is 509 g/mol. The van der Waals surface area contributed by atoms with Crippen LogP contribution in [0.2, 0.25) is 0 Å². The van der Waals surface area contributed by atoms with Crippen molar-refractivity contribution < 1.29 is 8.83 Å². The van der Waals surface area contributed by atoms with Gasteiger partial charge in [-0.05, 0) is 39.8 Å². The number of benzene rings is 1. The smallest absolute Gasteiger partial charge is 0.226 e. The zero-order chi connectivity index (χ0) is 19.9. The largest absolute Gasteiger partial charge is 0.444 e. The van der Waals surface area contributed by atoms with Crippen LogP contribution in [-0.2, 0) is 13.0 Å². The van der Waals surface area contributed by atoms with Gasteiger partial charge in [-0.25, -0.2) is 15.0 Å². The van der Waals surface area contributed by atoms with Crippen molar-refractivity contribution in [1.29, 1.82) is 0 Å². The third-order valence-electron chi connectivity index (χ3n) is 4.31. The summed E-state index contributed by atoms with van der Waals surface area (Å²) in [6.07, 6.45) is 2.44. The molecule has 0 fully saturated rings. The molecule has 0 aliphatic carbocycles. The molecule has 0 aliphatic rings. The molecule has 0 amide bonds. The van der Waals surface area contributed by atoms with Crippen LogP contribution in [0.15, 0.2) is 44.4 Å². The second-order valence-corrected chi connectivity index (χ2v) is 6.63. The molecule has 29 heavy (non-hydrogen) atoms. The lowest BCUT2D eigenvalue weighted by atomic mass is 10.1. The fourth-order valence-electron chi connectivity index (χ4n) is 2.65. The van der Waals surface area contributed by atoms with Crippen LogP contribution < -0.4 is 10.6 Å². The van der Waals surface area contributed by atoms with E-state index in [9.17, 15) is 0 Å². The molecule has 0 atom stereocenters. The van der Waals surface area contributed by atoms with Crippen LogP contribution >= 0.6 is 24.0 Å². The van der Waals surface area contributed by atoms with E-state index in [2.05, 4.69) is 44.7 Å². The second-order valence-electron chi connectivity index (χ2n) is 6.63. The number of aliphatic imine (C=N–C) groups is 1. The molecule has 0 aliphatic heterocycles. The number of nitrogens with one attached hydrogen (secondary N) is 2. The van der Waals surface area contributed by atoms with E-state index in [1.807, 2.05) is 32.9 Å². The summed E-state index contributed by atoms with van der Waals surface area (Å²) >= 11 is 0. The second kappa shape index (κ2) is 11.0. The van der Waals surface area contributed by atoms with Crippen LogP contribution in [0, 0.1) is 20.8 Å². The van der Waals surface area contributed by atoms with E-state index in [4.69, 9.17) is 8.83 Å². The van der Waals surface area contributed by atoms with Gasteiger partial charge < -0.3 is 19.5 Å². The molecule has 0 radical (unpaired) electrons. The van der Waals surface area contributed by atoms with Gasteiger partial charge in [-0.2, -0.15) is 0 Å². The van der Waals surface area contributed by atoms with Crippen LogP contribution in [0.5, 0.6) is 0 Å². The highest BCUT2D eigenvalue weighted by Gasteiger charge is 2.08. The predicted molar refractivity (Wildman–Crippen MR) is 125 cm³/mol. The molecule has 0 bridgehead atoms. The number of halogens is 1. The van der Waals surface area contributed by atoms with Gasteiger partial charge in [0.25, 0.3) is 0 Å². The molecule has 156 valence electrons. The summed E-state index contributed by atoms with van der Waals surface area (Å²) < 4.78 is 11.2. The van der Waals surface area contributed by atoms with Gasteiger partial charge in [-0.15, -0.1) is 24.0 Å². The molecule has 2 N–H and O–H groups in total. The normalized spacial score (nSPS) is 11.2. The van der Waals surface area contributed by atoms with E-state index in [-0.39, 0.29) is 24.0 Å². The van der Waals surface area contributed by atoms with E-state index in [1.54, 1.807) is 6.26 Å². The maximum absolute atomic E-state index is 5.61. The van der Waals surface area contributed by atoms with Crippen molar-refractivity contribution in [1.82, 2.24) is 20.6 Å². The molecular formula is C21H28IN5O2. The Bertz CT molecular complexity index is 911. The molecule has 3 rings (SSSR count). The lowest BCUT2D eigenvalue weighted by Gasteiger charge is -2.09. The highest BCUT2D eigenvalue weighted by atomic mass is 127. The van der Waals surface area contributed by atoms with Crippen LogP contribution in [-0.4, -0.2) is 29.0 Å². The fourth-order valence-corrected chi connectivity index (χ4v) is 2.65. The molecule has 2 heterocycles. The van der Waals surface area contributed by atoms with Crippen molar-refractivity contribution in [2.75, 3.05) is 13.1 Å². The number of aromatic nitrogens is 2. The minimum absolute atomic E-state index is 0. The van der Waals surface area contributed by atoms with Crippen molar-refractivity contribution in [3.8, 4) is 11.5 Å². The third-order valence-corrected chi connectivity index (χ3v) is 4.31. The SMILES string of the molecule is CCNC(=NCc1nc(C)c(C)o1)NCCc1coc(-c2ccc(C)cc2)n1.I. The Labute approximate surface area is 188 Å². The van der Waals surface area contributed by atoms with Crippen LogP contribution in [0.3, 0.4) is 0 Å². The first-order valence-corrected chi connectivity index (χ1v) is 9.51. The molecule has 0 unspecified atom stereocenters. The molecule has 1 aromatic carbocycles. The molecule has 7 nitrogen and oxygen atoms in total. The number of aryl methyl sites for hydroxylation is 3. The van der Waals surface area contributed by atoms with Gasteiger partial charge in [0, 0.05) is 25.1 Å². The minimum Gasteiger partial charge on any atom is -0.444 e. The highest BCUT2D eigenvalue weighted by Crippen LogP contribution is 2.19. The van der Waals surface area contributed by atoms with E-state index in [0.29, 0.717) is 24.9 Å². The predicted octanol–water partition coefficient (Wildman–Crippen LogP) is 4.17. The van der Waals surface area contributed by atoms with Crippen molar-refractivity contribution >= 4 is 29.9 Å². The summed E-state index contributed by atoms with van der Waals surface area (Å²) in [4.78, 5) is 13.4. The van der Waals surface area contributed by atoms with Gasteiger partial charge >= 0.3 is 0 Å². The number of hydrogen-bond acceptors (Lipinski definition) is 5. The third kappa shape index (κ3) is 6.59. The van der Waals surface area contributed by atoms with Gasteiger partial charge in [-0.1, -0.05) is 17.7 Å². The van der Waals surface area contributed by atoms with Gasteiger partial charge in [0.05, 0.1) is 11.4 Å². The molecule has 8 heteroatoms. The van der Waals surface area contributed by atoms with Gasteiger partial charge in [0.1, 0.15) is 18.6 Å². The average molecular weight is 509 g/mol. The number of oxazole rings is 2. The Kier molecular flexibility index (Phi) is 8.69. The average Bonchev–Trinajstić information content (AvgIpc) is 3.27. The summed E-state index contributed by atoms with van der Waals surface area (Å²) in [5, 5.41) is 6.53. The number of guanidine groups is 1. The number of rotatable bonds is 7. The minimum atomic E-state index is 0. The summed E-state index contributed by atoms with van der Waals surface area (Å²) in [6, 6.07) is 8.14. The van der Waals surface area contributed by atoms with Crippen LogP contribution in [0.4, 0.5) is 0 Å². The van der Waals surface area contributed by atoms with E-state index >= 15 is 0 Å². The molecule has 0 spiro atoms. The van der Waals surface area contributed by atoms with Crippen molar-refractivity contribution in [3.05, 3.63) is 59.1 Å². The standard InChI is InChI=1S/C21H27N5O2.HI/c1-5-22-21(24-12-19-25-15(3)16(4)28-19)23-11-10-18-13-27-20(26-18)17-8-6-14(2)7-9-17;/h6-9,13H,5,10-12H2,1-4H3,(H2,22,23,24);1H. The summed E-state index contributed by atoms with van der Waals surface area (Å²) in [7, 11) is 0. The Morgan fingerprint density at radius 2 is 1.83 bits per heavy atom. The lowest BCUT2D eigenvalue weighted by Crippen LogP contribution is -2.38. The maximum atomic E-state index is 5.61. The van der Waals surface area contributed by atoms with E-state index in [1.165, 1.54) is 5.56 Å². The Morgan fingerprint density at radius 1 is 1.07 bits per heavy atom. The molecule has 0 saturated carbocycles. The summed E-state index contributed by atoms with van der Waals surface area (Å²) in [6.45, 7) is 9.78. The van der Waals surface area contributed by atoms with Crippen LogP contribution in [0.1, 0.15) is 35.5 Å². The van der Waals surface area contributed by atoms with Gasteiger partial charge in [-0.3, -0.25) is 0 Å². The quantitative estimate of drug-likeness (QED) is 0.283. The highest BCUT2D eigenvalue weighted by molar-refractivity contribution is 14.0. The number of nitrogens with zero attached hydrogens (tertiary/aromatic N) is 3. The Balaban J connectivity index is 0.00000300. The Morgan fingerprint density at radius 3 is 2.48 bits per heavy atom. The van der Waals surface area contributed by atoms with E-state index < -0.39 is 0 Å². The molecule has 3 aromatic rings. The van der Waals surface area contributed by atoms with E-state index in [0.717, 1.165) is 41.6 Å². The first-order chi connectivity index (χ1) is 13.5. The summed E-state index contributed by atoms with van der Waals surface area (Å²) in [5.74, 6) is 2.81. The Hall–Kier alpha value is -2.36. The van der Waals surface area contributed by atoms with Crippen molar-refractivity contribution in [2.24, 2.45) is 4.99 Å². The number of hydrogen-bond donors (Lipinski definition) is 2. The topological polar surface area (TPSA) is 88.5 Å². The molecular weight excluding hydrogens is 481 g/mol. The van der Waals surface area contributed by atoms with Crippen molar-refractivity contribution in [3.63, 3.8) is 0 Å². The first kappa shape index (κ1) is 22.9. The lowest BCUT2D eigenvalue weighted by molar-refractivity contribution is 0.473. The zero-order valence-corrected chi connectivity index (χ0v) is 19.6. The molecule has 2 aromatic heterocycles. The van der Waals surface area contributed by atoms with Gasteiger partial charge in [0.2, 0.25) is 11.8 Å². The van der Waals surface area contributed by atoms with Crippen molar-refractivity contribution in [2.45, 2.75) is 40.7 Å². The van der Waals surface area contributed by atoms with Crippen LogP contribution in [0.25, 0.3) is 11.5 Å². The first-order valence-electron chi connectivity index (χ1n) is 9.51. The summed E-state index contributed by atoms with van der Waals surface area (Å²) in [5.41, 5.74) is 4.00. The van der Waals surface area contributed by atoms with Gasteiger partial charge in [0.15, 0.2) is 5.96 Å². The molecule has 0 saturated heterocycles. The zero-order valence-electron chi connectivity index (χ0n) is 17.3. The maximum Gasteiger partial charge on any atom is 0.226 e. The fraction of sp³-hybridized carbons (Fsp3) is 0.381.